The molecule has 7 heteroatoms. The fourth-order valence-electron chi connectivity index (χ4n) is 3.16. The fourth-order valence-corrected chi connectivity index (χ4v) is 3.16. The van der Waals surface area contributed by atoms with Gasteiger partial charge in [0.05, 0.1) is 13.2 Å². The third-order valence-electron chi connectivity index (χ3n) is 4.43. The molecular formula is C18H25N5O2. The van der Waals surface area contributed by atoms with Crippen molar-refractivity contribution in [2.24, 2.45) is 0 Å². The van der Waals surface area contributed by atoms with Gasteiger partial charge in [0, 0.05) is 57.4 Å². The molecule has 0 spiro atoms. The first-order chi connectivity index (χ1) is 12.3. The van der Waals surface area contributed by atoms with Crippen molar-refractivity contribution in [3.8, 4) is 0 Å². The highest BCUT2D eigenvalue weighted by Gasteiger charge is 2.28. The van der Waals surface area contributed by atoms with Gasteiger partial charge in [-0.1, -0.05) is 13.0 Å². The SMILES string of the molecule is CCc1nccn1CCNC(=O)[C@H](c1cccnc1)N1CCOCC1. The molecule has 0 bridgehead atoms. The van der Waals surface area contributed by atoms with E-state index in [0.29, 0.717) is 19.8 Å². The van der Waals surface area contributed by atoms with E-state index in [4.69, 9.17) is 4.74 Å². The second-order valence-electron chi connectivity index (χ2n) is 6.02. The van der Waals surface area contributed by atoms with Crippen LogP contribution in [0.15, 0.2) is 36.9 Å². The summed E-state index contributed by atoms with van der Waals surface area (Å²) in [4.78, 5) is 23.5. The number of ether oxygens (including phenoxy) is 1. The number of imidazole rings is 1. The number of nitrogens with zero attached hydrogens (tertiary/aromatic N) is 4. The lowest BCUT2D eigenvalue weighted by molar-refractivity contribution is -0.128. The van der Waals surface area contributed by atoms with E-state index in [-0.39, 0.29) is 11.9 Å². The van der Waals surface area contributed by atoms with Gasteiger partial charge < -0.3 is 14.6 Å². The molecule has 0 unspecified atom stereocenters. The fraction of sp³-hybridized carbons (Fsp3) is 0.500. The highest BCUT2D eigenvalue weighted by atomic mass is 16.5. The minimum Gasteiger partial charge on any atom is -0.379 e. The van der Waals surface area contributed by atoms with Crippen molar-refractivity contribution in [1.29, 1.82) is 0 Å². The molecule has 2 aromatic heterocycles. The molecule has 25 heavy (non-hydrogen) atoms. The minimum atomic E-state index is -0.328. The molecule has 1 saturated heterocycles. The molecule has 134 valence electrons. The van der Waals surface area contributed by atoms with Crippen LogP contribution in [0.5, 0.6) is 0 Å². The van der Waals surface area contributed by atoms with Gasteiger partial charge in [-0.25, -0.2) is 4.98 Å². The van der Waals surface area contributed by atoms with Crippen molar-refractivity contribution < 1.29 is 9.53 Å². The summed E-state index contributed by atoms with van der Waals surface area (Å²) in [6, 6.07) is 3.50. The Morgan fingerprint density at radius 3 is 2.92 bits per heavy atom. The van der Waals surface area contributed by atoms with Crippen LogP contribution in [0.2, 0.25) is 0 Å². The first-order valence-corrected chi connectivity index (χ1v) is 8.79. The maximum absolute atomic E-state index is 12.9. The van der Waals surface area contributed by atoms with Crippen LogP contribution in [0.1, 0.15) is 24.4 Å². The molecule has 1 amide bonds. The number of aryl methyl sites for hydroxylation is 1. The summed E-state index contributed by atoms with van der Waals surface area (Å²) in [5, 5.41) is 3.07. The Morgan fingerprint density at radius 1 is 1.36 bits per heavy atom. The number of pyridine rings is 1. The van der Waals surface area contributed by atoms with Crippen LogP contribution in [-0.2, 0) is 22.5 Å². The molecule has 7 nitrogen and oxygen atoms in total. The van der Waals surface area contributed by atoms with E-state index in [0.717, 1.165) is 37.4 Å². The van der Waals surface area contributed by atoms with Crippen LogP contribution in [-0.4, -0.2) is 58.2 Å². The molecule has 1 aliphatic heterocycles. The largest absolute Gasteiger partial charge is 0.379 e. The Labute approximate surface area is 148 Å². The second-order valence-corrected chi connectivity index (χ2v) is 6.02. The van der Waals surface area contributed by atoms with Crippen molar-refractivity contribution in [1.82, 2.24) is 24.8 Å². The van der Waals surface area contributed by atoms with E-state index in [9.17, 15) is 4.79 Å². The van der Waals surface area contributed by atoms with Crippen LogP contribution in [0, 0.1) is 0 Å². The lowest BCUT2D eigenvalue weighted by Crippen LogP contribution is -2.46. The third kappa shape index (κ3) is 4.43. The van der Waals surface area contributed by atoms with Crippen molar-refractivity contribution in [3.05, 3.63) is 48.3 Å². The maximum Gasteiger partial charge on any atom is 0.242 e. The normalized spacial score (nSPS) is 16.5. The number of morpholine rings is 1. The number of hydrogen-bond acceptors (Lipinski definition) is 5. The van der Waals surface area contributed by atoms with Crippen molar-refractivity contribution >= 4 is 5.91 Å². The van der Waals surface area contributed by atoms with Gasteiger partial charge in [-0.2, -0.15) is 0 Å². The molecule has 3 heterocycles. The van der Waals surface area contributed by atoms with E-state index >= 15 is 0 Å². The molecule has 0 aromatic carbocycles. The lowest BCUT2D eigenvalue weighted by atomic mass is 10.1. The topological polar surface area (TPSA) is 72.3 Å². The summed E-state index contributed by atoms with van der Waals surface area (Å²) in [6.45, 7) is 6.16. The predicted molar refractivity (Wildman–Crippen MR) is 94.0 cm³/mol. The van der Waals surface area contributed by atoms with Gasteiger partial charge in [0.2, 0.25) is 5.91 Å². The maximum atomic E-state index is 12.9. The summed E-state index contributed by atoms with van der Waals surface area (Å²) in [6.07, 6.45) is 8.12. The molecule has 2 aromatic rings. The van der Waals surface area contributed by atoms with Crippen molar-refractivity contribution in [2.45, 2.75) is 25.9 Å². The minimum absolute atomic E-state index is 0.00747. The summed E-state index contributed by atoms with van der Waals surface area (Å²) in [5.74, 6) is 1.04. The average Bonchev–Trinajstić information content (AvgIpc) is 3.11. The first-order valence-electron chi connectivity index (χ1n) is 8.79. The highest BCUT2D eigenvalue weighted by molar-refractivity contribution is 5.83. The van der Waals surface area contributed by atoms with E-state index in [1.807, 2.05) is 18.3 Å². The number of carbonyl (C=O) groups excluding carboxylic acids is 1. The number of aromatic nitrogens is 3. The number of rotatable bonds is 7. The molecule has 0 saturated carbocycles. The van der Waals surface area contributed by atoms with E-state index in [2.05, 4.69) is 31.7 Å². The van der Waals surface area contributed by atoms with Gasteiger partial charge in [0.1, 0.15) is 11.9 Å². The molecule has 3 rings (SSSR count). The van der Waals surface area contributed by atoms with Gasteiger partial charge in [0.25, 0.3) is 0 Å². The summed E-state index contributed by atoms with van der Waals surface area (Å²) in [7, 11) is 0. The van der Waals surface area contributed by atoms with Crippen molar-refractivity contribution in [2.75, 3.05) is 32.8 Å². The summed E-state index contributed by atoms with van der Waals surface area (Å²) >= 11 is 0. The van der Waals surface area contributed by atoms with Gasteiger partial charge >= 0.3 is 0 Å². The standard InChI is InChI=1S/C18H25N5O2/c1-2-16-20-6-8-22(16)9-7-21-18(24)17(15-4-3-5-19-14-15)23-10-12-25-13-11-23/h3-6,8,14,17H,2,7,9-13H2,1H3,(H,21,24)/t17-/m0/s1. The number of amides is 1. The van der Waals surface area contributed by atoms with Gasteiger partial charge in [-0.3, -0.25) is 14.7 Å². The smallest absolute Gasteiger partial charge is 0.242 e. The van der Waals surface area contributed by atoms with E-state index in [1.165, 1.54) is 0 Å². The Hall–Kier alpha value is -2.25. The van der Waals surface area contributed by atoms with Crippen LogP contribution in [0.4, 0.5) is 0 Å². The number of carbonyl (C=O) groups is 1. The Bertz CT molecular complexity index is 667. The van der Waals surface area contributed by atoms with Gasteiger partial charge in [0.15, 0.2) is 0 Å². The van der Waals surface area contributed by atoms with E-state index in [1.54, 1.807) is 18.6 Å². The van der Waals surface area contributed by atoms with Crippen LogP contribution < -0.4 is 5.32 Å². The summed E-state index contributed by atoms with van der Waals surface area (Å²) < 4.78 is 7.50. The summed E-state index contributed by atoms with van der Waals surface area (Å²) in [5.41, 5.74) is 0.916. The monoisotopic (exact) mass is 343 g/mol. The zero-order valence-corrected chi connectivity index (χ0v) is 14.6. The molecule has 0 aliphatic carbocycles. The Balaban J connectivity index is 1.64. The third-order valence-corrected chi connectivity index (χ3v) is 4.43. The Morgan fingerprint density at radius 2 is 2.20 bits per heavy atom. The average molecular weight is 343 g/mol. The lowest BCUT2D eigenvalue weighted by Gasteiger charge is -2.33. The van der Waals surface area contributed by atoms with Crippen LogP contribution in [0.25, 0.3) is 0 Å². The van der Waals surface area contributed by atoms with Crippen molar-refractivity contribution in [3.63, 3.8) is 0 Å². The highest BCUT2D eigenvalue weighted by Crippen LogP contribution is 2.21. The van der Waals surface area contributed by atoms with Crippen LogP contribution in [0.3, 0.4) is 0 Å². The molecule has 1 aliphatic rings. The van der Waals surface area contributed by atoms with Gasteiger partial charge in [-0.15, -0.1) is 0 Å². The number of hydrogen-bond donors (Lipinski definition) is 1. The quantitative estimate of drug-likeness (QED) is 0.813. The Kier molecular flexibility index (Phi) is 6.14. The molecule has 0 radical (unpaired) electrons. The predicted octanol–water partition coefficient (Wildman–Crippen LogP) is 1.03. The van der Waals surface area contributed by atoms with E-state index < -0.39 is 0 Å². The van der Waals surface area contributed by atoms with Gasteiger partial charge in [-0.05, 0) is 11.6 Å². The zero-order chi connectivity index (χ0) is 17.5. The first kappa shape index (κ1) is 17.6. The molecule has 1 atom stereocenters. The second kappa shape index (κ2) is 8.73. The van der Waals surface area contributed by atoms with Crippen LogP contribution >= 0.6 is 0 Å². The molecule has 1 N–H and O–H groups in total. The number of nitrogens with one attached hydrogen (secondary N) is 1. The molecule has 1 fully saturated rings. The molecular weight excluding hydrogens is 318 g/mol. The zero-order valence-electron chi connectivity index (χ0n) is 14.6.